The Hall–Kier alpha value is -4.59. The summed E-state index contributed by atoms with van der Waals surface area (Å²) in [4.78, 5) is 46.5. The first-order chi connectivity index (χ1) is 19.9. The summed E-state index contributed by atoms with van der Waals surface area (Å²) in [6.07, 6.45) is 1.07. The van der Waals surface area contributed by atoms with Crippen molar-refractivity contribution in [3.63, 3.8) is 0 Å². The number of benzene rings is 3. The van der Waals surface area contributed by atoms with Gasteiger partial charge >= 0.3 is 0 Å². The van der Waals surface area contributed by atoms with Crippen LogP contribution in [0.1, 0.15) is 59.1 Å². The number of fused-ring (bicyclic) bond motifs is 7. The number of nitrogens with zero attached hydrogens (tertiary/aromatic N) is 1. The number of H-pyrrole nitrogens is 1. The molecule has 0 unspecified atom stereocenters. The number of carbonyl (C=O) groups is 3. The average Bonchev–Trinajstić information content (AvgIpc) is 3.53. The Labute approximate surface area is 239 Å². The second-order valence-corrected chi connectivity index (χ2v) is 10.9. The average molecular weight is 551 g/mol. The third kappa shape index (κ3) is 4.63. The van der Waals surface area contributed by atoms with E-state index in [0.717, 1.165) is 39.0 Å². The maximum Gasteiger partial charge on any atom is 0.255 e. The molecular weight excluding hydrogens is 516 g/mol. The van der Waals surface area contributed by atoms with E-state index in [1.54, 1.807) is 12.0 Å². The second-order valence-electron chi connectivity index (χ2n) is 10.9. The summed E-state index contributed by atoms with van der Waals surface area (Å²) in [7, 11) is 1.61. The van der Waals surface area contributed by atoms with Gasteiger partial charge in [0.25, 0.3) is 5.91 Å². The number of ether oxygens (including phenoxy) is 1. The Morgan fingerprint density at radius 2 is 1.78 bits per heavy atom. The molecule has 8 heteroatoms. The molecule has 2 aliphatic rings. The van der Waals surface area contributed by atoms with Crippen LogP contribution in [0.3, 0.4) is 0 Å². The van der Waals surface area contributed by atoms with E-state index in [1.165, 1.54) is 0 Å². The predicted octanol–water partition coefficient (Wildman–Crippen LogP) is 4.49. The molecule has 3 heterocycles. The van der Waals surface area contributed by atoms with Crippen molar-refractivity contribution < 1.29 is 19.1 Å². The number of para-hydroxylation sites is 1. The van der Waals surface area contributed by atoms with Gasteiger partial charge < -0.3 is 25.3 Å². The predicted molar refractivity (Wildman–Crippen MR) is 156 cm³/mol. The monoisotopic (exact) mass is 550 g/mol. The summed E-state index contributed by atoms with van der Waals surface area (Å²) in [5.74, 6) is -0.104. The molecule has 8 nitrogen and oxygen atoms in total. The van der Waals surface area contributed by atoms with Gasteiger partial charge in [0.15, 0.2) is 0 Å². The van der Waals surface area contributed by atoms with E-state index < -0.39 is 18.1 Å². The van der Waals surface area contributed by atoms with Crippen LogP contribution < -0.4 is 15.4 Å². The van der Waals surface area contributed by atoms with Crippen LogP contribution in [-0.2, 0) is 22.6 Å². The lowest BCUT2D eigenvalue weighted by Crippen LogP contribution is -2.58. The molecule has 1 aromatic heterocycles. The zero-order valence-electron chi connectivity index (χ0n) is 23.4. The Balaban J connectivity index is 1.29. The van der Waals surface area contributed by atoms with Gasteiger partial charge in [0.2, 0.25) is 11.8 Å². The summed E-state index contributed by atoms with van der Waals surface area (Å²) in [5.41, 5.74) is 5.39. The number of rotatable bonds is 8. The molecule has 3 amide bonds. The van der Waals surface area contributed by atoms with E-state index in [0.29, 0.717) is 24.9 Å². The van der Waals surface area contributed by atoms with E-state index in [1.807, 2.05) is 86.6 Å². The maximum absolute atomic E-state index is 14.1. The van der Waals surface area contributed by atoms with Crippen molar-refractivity contribution in [3.05, 3.63) is 101 Å². The molecule has 4 atom stereocenters. The van der Waals surface area contributed by atoms with Gasteiger partial charge in [-0.1, -0.05) is 68.8 Å². The van der Waals surface area contributed by atoms with E-state index in [-0.39, 0.29) is 23.6 Å². The van der Waals surface area contributed by atoms with Crippen molar-refractivity contribution in [2.45, 2.75) is 51.4 Å². The standard InChI is InChI=1S/C33H34N4O4/c1-4-19(2)28(32(39)34-18-20-13-15-21(41-3)16-14-20)36-31(38)27-17-25-22-9-7-8-12-26(22)35-29(25)30-23-10-5-6-11-24(23)33(40)37(27)30/h5-16,19,27-28,30,35H,4,17-18H2,1-3H3,(H,34,39)(H,36,38)/t19-,27+,28+,30-/m1/s1. The Morgan fingerprint density at radius 3 is 2.54 bits per heavy atom. The SMILES string of the molecule is CC[C@@H](C)[C@H](NC(=O)[C@@H]1Cc2c([nH]c3ccccc23)[C@H]2c3ccccc3C(=O)N21)C(=O)NCc1ccc(OC)cc1. The number of hydrogen-bond acceptors (Lipinski definition) is 4. The summed E-state index contributed by atoms with van der Waals surface area (Å²) in [6, 6.07) is 21.2. The first-order valence-electron chi connectivity index (χ1n) is 14.1. The molecule has 0 saturated carbocycles. The van der Waals surface area contributed by atoms with Crippen LogP contribution in [0.15, 0.2) is 72.8 Å². The highest BCUT2D eigenvalue weighted by Crippen LogP contribution is 2.46. The third-order valence-electron chi connectivity index (χ3n) is 8.57. The van der Waals surface area contributed by atoms with Gasteiger partial charge in [-0.2, -0.15) is 0 Å². The highest BCUT2D eigenvalue weighted by Gasteiger charge is 2.49. The van der Waals surface area contributed by atoms with Crippen molar-refractivity contribution in [1.82, 2.24) is 20.5 Å². The minimum Gasteiger partial charge on any atom is -0.497 e. The number of aromatic amines is 1. The summed E-state index contributed by atoms with van der Waals surface area (Å²) in [6.45, 7) is 4.28. The molecule has 0 bridgehead atoms. The lowest BCUT2D eigenvalue weighted by molar-refractivity contribution is -0.133. The van der Waals surface area contributed by atoms with Gasteiger partial charge in [0.1, 0.15) is 17.8 Å². The molecule has 0 fully saturated rings. The zero-order chi connectivity index (χ0) is 28.7. The third-order valence-corrected chi connectivity index (χ3v) is 8.57. The van der Waals surface area contributed by atoms with E-state index in [9.17, 15) is 14.4 Å². The Morgan fingerprint density at radius 1 is 1.05 bits per heavy atom. The van der Waals surface area contributed by atoms with Crippen LogP contribution in [0.2, 0.25) is 0 Å². The first-order valence-corrected chi connectivity index (χ1v) is 14.1. The van der Waals surface area contributed by atoms with E-state index in [2.05, 4.69) is 15.6 Å². The maximum atomic E-state index is 14.1. The number of carbonyl (C=O) groups excluding carboxylic acids is 3. The summed E-state index contributed by atoms with van der Waals surface area (Å²) < 4.78 is 5.21. The van der Waals surface area contributed by atoms with Crippen LogP contribution in [-0.4, -0.2) is 46.8 Å². The fourth-order valence-electron chi connectivity index (χ4n) is 6.13. The molecule has 2 aliphatic heterocycles. The van der Waals surface area contributed by atoms with Crippen molar-refractivity contribution in [1.29, 1.82) is 0 Å². The molecular formula is C33H34N4O4. The van der Waals surface area contributed by atoms with Gasteiger partial charge in [-0.3, -0.25) is 14.4 Å². The van der Waals surface area contributed by atoms with Crippen LogP contribution >= 0.6 is 0 Å². The fraction of sp³-hybridized carbons (Fsp3) is 0.303. The molecule has 41 heavy (non-hydrogen) atoms. The number of methoxy groups -OCH3 is 1. The molecule has 3 aromatic carbocycles. The molecule has 4 aromatic rings. The molecule has 210 valence electrons. The molecule has 0 aliphatic carbocycles. The Kier molecular flexibility index (Phi) is 6.99. The number of nitrogens with one attached hydrogen (secondary N) is 3. The van der Waals surface area contributed by atoms with Crippen molar-refractivity contribution in [2.24, 2.45) is 5.92 Å². The van der Waals surface area contributed by atoms with Crippen molar-refractivity contribution >= 4 is 28.6 Å². The summed E-state index contributed by atoms with van der Waals surface area (Å²) in [5, 5.41) is 7.08. The number of aromatic nitrogens is 1. The van der Waals surface area contributed by atoms with Crippen LogP contribution in [0.4, 0.5) is 0 Å². The second kappa shape index (κ2) is 10.8. The van der Waals surface area contributed by atoms with Crippen molar-refractivity contribution in [2.75, 3.05) is 7.11 Å². The normalized spacial score (nSPS) is 18.7. The zero-order valence-corrected chi connectivity index (χ0v) is 23.4. The first kappa shape index (κ1) is 26.6. The number of amides is 3. The Bertz CT molecular complexity index is 1630. The van der Waals surface area contributed by atoms with Gasteiger partial charge in [-0.25, -0.2) is 0 Å². The van der Waals surface area contributed by atoms with Crippen LogP contribution in [0.25, 0.3) is 10.9 Å². The van der Waals surface area contributed by atoms with E-state index in [4.69, 9.17) is 4.74 Å². The quantitative estimate of drug-likeness (QED) is 0.301. The molecule has 0 saturated heterocycles. The lowest BCUT2D eigenvalue weighted by Gasteiger charge is -2.38. The van der Waals surface area contributed by atoms with Gasteiger partial charge in [0.05, 0.1) is 13.2 Å². The minimum atomic E-state index is -0.757. The molecule has 0 radical (unpaired) electrons. The minimum absolute atomic E-state index is 0.107. The fourth-order valence-corrected chi connectivity index (χ4v) is 6.13. The van der Waals surface area contributed by atoms with Crippen molar-refractivity contribution in [3.8, 4) is 5.75 Å². The molecule has 3 N–H and O–H groups in total. The van der Waals surface area contributed by atoms with Crippen LogP contribution in [0, 0.1) is 5.92 Å². The number of hydrogen-bond donors (Lipinski definition) is 3. The van der Waals surface area contributed by atoms with E-state index >= 15 is 0 Å². The van der Waals surface area contributed by atoms with Gasteiger partial charge in [-0.05, 0) is 46.9 Å². The van der Waals surface area contributed by atoms with Crippen LogP contribution in [0.5, 0.6) is 5.75 Å². The molecule has 6 rings (SSSR count). The largest absolute Gasteiger partial charge is 0.497 e. The van der Waals surface area contributed by atoms with Gasteiger partial charge in [-0.15, -0.1) is 0 Å². The topological polar surface area (TPSA) is 104 Å². The molecule has 0 spiro atoms. The van der Waals surface area contributed by atoms with Gasteiger partial charge in [0, 0.05) is 35.1 Å². The lowest BCUT2D eigenvalue weighted by atomic mass is 9.89. The summed E-state index contributed by atoms with van der Waals surface area (Å²) >= 11 is 0. The highest BCUT2D eigenvalue weighted by molar-refractivity contribution is 6.04. The highest BCUT2D eigenvalue weighted by atomic mass is 16.5. The smallest absolute Gasteiger partial charge is 0.255 e.